The van der Waals surface area contributed by atoms with Gasteiger partial charge in [-0.1, -0.05) is 24.3 Å². The van der Waals surface area contributed by atoms with Crippen molar-refractivity contribution in [2.24, 2.45) is 0 Å². The fourth-order valence-corrected chi connectivity index (χ4v) is 3.18. The van der Waals surface area contributed by atoms with Gasteiger partial charge in [-0.2, -0.15) is 0 Å². The molecule has 0 aliphatic carbocycles. The normalized spacial score (nSPS) is 10.8. The third-order valence-corrected chi connectivity index (χ3v) is 4.84. The highest BCUT2D eigenvalue weighted by Gasteiger charge is 2.01. The van der Waals surface area contributed by atoms with E-state index < -0.39 is 0 Å². The van der Waals surface area contributed by atoms with E-state index in [4.69, 9.17) is 9.47 Å². The van der Waals surface area contributed by atoms with E-state index >= 15 is 0 Å². The second kappa shape index (κ2) is 10.4. The summed E-state index contributed by atoms with van der Waals surface area (Å²) in [6.07, 6.45) is 3.28. The zero-order valence-electron chi connectivity index (χ0n) is 16.6. The zero-order valence-corrected chi connectivity index (χ0v) is 17.4. The summed E-state index contributed by atoms with van der Waals surface area (Å²) in [4.78, 5) is 16.3. The topological polar surface area (TPSA) is 60.5 Å². The van der Waals surface area contributed by atoms with Crippen LogP contribution in [0, 0.1) is 13.8 Å². The molecule has 0 aliphatic heterocycles. The van der Waals surface area contributed by atoms with Crippen LogP contribution in [0.2, 0.25) is 0 Å². The highest BCUT2D eigenvalue weighted by Crippen LogP contribution is 2.16. The van der Waals surface area contributed by atoms with E-state index in [1.807, 2.05) is 67.8 Å². The van der Waals surface area contributed by atoms with Crippen LogP contribution < -0.4 is 14.8 Å². The van der Waals surface area contributed by atoms with Gasteiger partial charge < -0.3 is 14.8 Å². The van der Waals surface area contributed by atoms with E-state index in [0.717, 1.165) is 33.3 Å². The summed E-state index contributed by atoms with van der Waals surface area (Å²) in [5, 5.41) is 5.84. The Morgan fingerprint density at radius 3 is 2.66 bits per heavy atom. The fourth-order valence-electron chi connectivity index (χ4n) is 2.59. The number of ether oxygens (including phenoxy) is 2. The van der Waals surface area contributed by atoms with Crippen LogP contribution in [-0.2, 0) is 11.4 Å². The Balaban J connectivity index is 1.38. The van der Waals surface area contributed by atoms with Gasteiger partial charge in [0.15, 0.2) is 0 Å². The molecule has 6 heteroatoms. The first-order chi connectivity index (χ1) is 14.1. The lowest BCUT2D eigenvalue weighted by Gasteiger charge is -2.07. The van der Waals surface area contributed by atoms with Gasteiger partial charge in [0.2, 0.25) is 5.91 Å². The highest BCUT2D eigenvalue weighted by atomic mass is 32.1. The summed E-state index contributed by atoms with van der Waals surface area (Å²) < 4.78 is 11.3. The number of rotatable bonds is 9. The molecule has 0 aliphatic rings. The molecule has 0 saturated carbocycles. The molecule has 0 atom stereocenters. The van der Waals surface area contributed by atoms with Gasteiger partial charge in [0.25, 0.3) is 0 Å². The molecule has 1 N–H and O–H groups in total. The van der Waals surface area contributed by atoms with Gasteiger partial charge in [0.1, 0.15) is 24.7 Å². The van der Waals surface area contributed by atoms with E-state index in [1.54, 1.807) is 17.4 Å². The van der Waals surface area contributed by atoms with Crippen molar-refractivity contribution in [2.45, 2.75) is 20.5 Å². The molecule has 0 radical (unpaired) electrons. The van der Waals surface area contributed by atoms with Crippen molar-refractivity contribution in [2.75, 3.05) is 13.2 Å². The molecular formula is C23H24N2O3S. The second-order valence-corrected chi connectivity index (χ2v) is 7.57. The molecule has 0 fully saturated rings. The van der Waals surface area contributed by atoms with Crippen molar-refractivity contribution in [3.63, 3.8) is 0 Å². The number of thiazole rings is 1. The standard InChI is InChI=1S/C23H24N2O3S/c1-17-4-3-5-22(14-17)27-13-12-24-23(26)11-8-19-6-9-21(10-7-19)28-15-20-16-29-18(2)25-20/h3-11,14,16H,12-13,15H2,1-2H3,(H,24,26)/b11-8+. The average molecular weight is 409 g/mol. The Morgan fingerprint density at radius 2 is 1.93 bits per heavy atom. The van der Waals surface area contributed by atoms with Gasteiger partial charge in [-0.3, -0.25) is 4.79 Å². The number of carbonyl (C=O) groups excluding carboxylic acids is 1. The summed E-state index contributed by atoms with van der Waals surface area (Å²) in [5.41, 5.74) is 3.00. The van der Waals surface area contributed by atoms with Crippen LogP contribution in [0.4, 0.5) is 0 Å². The van der Waals surface area contributed by atoms with Crippen LogP contribution in [0.15, 0.2) is 60.0 Å². The Hall–Kier alpha value is -3.12. The maximum Gasteiger partial charge on any atom is 0.244 e. The number of benzene rings is 2. The number of hydrogen-bond acceptors (Lipinski definition) is 5. The first-order valence-corrected chi connectivity index (χ1v) is 10.3. The largest absolute Gasteiger partial charge is 0.492 e. The fraction of sp³-hybridized carbons (Fsp3) is 0.217. The molecule has 0 bridgehead atoms. The van der Waals surface area contributed by atoms with Gasteiger partial charge in [-0.25, -0.2) is 4.98 Å². The number of hydrogen-bond donors (Lipinski definition) is 1. The second-order valence-electron chi connectivity index (χ2n) is 6.50. The molecule has 1 aromatic heterocycles. The molecule has 0 saturated heterocycles. The quantitative estimate of drug-likeness (QED) is 0.417. The predicted octanol–water partition coefficient (Wildman–Crippen LogP) is 4.55. The number of aryl methyl sites for hydroxylation is 2. The Labute approximate surface area is 175 Å². The van der Waals surface area contributed by atoms with E-state index in [9.17, 15) is 4.79 Å². The van der Waals surface area contributed by atoms with Crippen LogP contribution in [0.3, 0.4) is 0 Å². The minimum absolute atomic E-state index is 0.155. The lowest BCUT2D eigenvalue weighted by molar-refractivity contribution is -0.116. The summed E-state index contributed by atoms with van der Waals surface area (Å²) in [6.45, 7) is 5.31. The lowest BCUT2D eigenvalue weighted by atomic mass is 10.2. The number of carbonyl (C=O) groups is 1. The molecule has 1 amide bonds. The zero-order chi connectivity index (χ0) is 20.5. The summed E-state index contributed by atoms with van der Waals surface area (Å²) in [5.74, 6) is 1.42. The number of amides is 1. The van der Waals surface area contributed by atoms with Crippen LogP contribution in [0.1, 0.15) is 21.8 Å². The molecule has 29 heavy (non-hydrogen) atoms. The maximum atomic E-state index is 11.9. The average Bonchev–Trinajstić information content (AvgIpc) is 3.14. The molecule has 150 valence electrons. The number of aromatic nitrogens is 1. The van der Waals surface area contributed by atoms with Crippen LogP contribution in [0.25, 0.3) is 6.08 Å². The molecule has 3 rings (SSSR count). The van der Waals surface area contributed by atoms with Crippen LogP contribution >= 0.6 is 11.3 Å². The van der Waals surface area contributed by atoms with Gasteiger partial charge in [0.05, 0.1) is 17.2 Å². The Bertz CT molecular complexity index is 964. The van der Waals surface area contributed by atoms with E-state index in [0.29, 0.717) is 19.8 Å². The first-order valence-electron chi connectivity index (χ1n) is 9.38. The van der Waals surface area contributed by atoms with Crippen LogP contribution in [-0.4, -0.2) is 24.0 Å². The monoisotopic (exact) mass is 408 g/mol. The van der Waals surface area contributed by atoms with Gasteiger partial charge in [-0.05, 0) is 55.3 Å². The predicted molar refractivity (Wildman–Crippen MR) is 116 cm³/mol. The van der Waals surface area contributed by atoms with E-state index in [2.05, 4.69) is 10.3 Å². The van der Waals surface area contributed by atoms with Crippen molar-refractivity contribution in [3.05, 3.63) is 81.8 Å². The van der Waals surface area contributed by atoms with Gasteiger partial charge in [-0.15, -0.1) is 11.3 Å². The van der Waals surface area contributed by atoms with Crippen molar-refractivity contribution < 1.29 is 14.3 Å². The smallest absolute Gasteiger partial charge is 0.244 e. The maximum absolute atomic E-state index is 11.9. The third kappa shape index (κ3) is 7.08. The van der Waals surface area contributed by atoms with Crippen LogP contribution in [0.5, 0.6) is 11.5 Å². The lowest BCUT2D eigenvalue weighted by Crippen LogP contribution is -2.26. The molecule has 0 unspecified atom stereocenters. The van der Waals surface area contributed by atoms with E-state index in [-0.39, 0.29) is 5.91 Å². The molecule has 0 spiro atoms. The van der Waals surface area contributed by atoms with Gasteiger partial charge in [0, 0.05) is 11.5 Å². The highest BCUT2D eigenvalue weighted by molar-refractivity contribution is 7.09. The van der Waals surface area contributed by atoms with Gasteiger partial charge >= 0.3 is 0 Å². The minimum atomic E-state index is -0.155. The molecule has 3 aromatic rings. The molecule has 2 aromatic carbocycles. The Morgan fingerprint density at radius 1 is 1.10 bits per heavy atom. The third-order valence-electron chi connectivity index (χ3n) is 4.02. The number of nitrogens with one attached hydrogen (secondary N) is 1. The molecular weight excluding hydrogens is 384 g/mol. The SMILES string of the molecule is Cc1cccc(OCCNC(=O)/C=C/c2ccc(OCc3csc(C)n3)cc2)c1. The van der Waals surface area contributed by atoms with E-state index in [1.165, 1.54) is 6.08 Å². The van der Waals surface area contributed by atoms with Crippen molar-refractivity contribution >= 4 is 23.3 Å². The van der Waals surface area contributed by atoms with Crippen molar-refractivity contribution in [3.8, 4) is 11.5 Å². The first kappa shape index (κ1) is 20.6. The van der Waals surface area contributed by atoms with Crippen molar-refractivity contribution in [1.29, 1.82) is 0 Å². The molecule has 1 heterocycles. The molecule has 5 nitrogen and oxygen atoms in total. The number of nitrogens with zero attached hydrogens (tertiary/aromatic N) is 1. The van der Waals surface area contributed by atoms with Crippen molar-refractivity contribution in [1.82, 2.24) is 10.3 Å². The Kier molecular flexibility index (Phi) is 7.41. The minimum Gasteiger partial charge on any atom is -0.492 e. The summed E-state index contributed by atoms with van der Waals surface area (Å²) in [6, 6.07) is 15.4. The summed E-state index contributed by atoms with van der Waals surface area (Å²) >= 11 is 1.61. The summed E-state index contributed by atoms with van der Waals surface area (Å²) in [7, 11) is 0.